The SMILES string of the molecule is Cc1ccc(OC2CCN(C(=O)CCCBr)CC2)nn1. The first-order valence-electron chi connectivity index (χ1n) is 7.00. The summed E-state index contributed by atoms with van der Waals surface area (Å²) >= 11 is 3.35. The maximum atomic E-state index is 11.9. The zero-order valence-electron chi connectivity index (χ0n) is 11.7. The number of carbonyl (C=O) groups is 1. The first kappa shape index (κ1) is 15.2. The Morgan fingerprint density at radius 2 is 2.15 bits per heavy atom. The van der Waals surface area contributed by atoms with E-state index in [0.29, 0.717) is 12.3 Å². The standard InChI is InChI=1S/C14H20BrN3O2/c1-11-4-5-13(17-16-11)20-12-6-9-18(10-7-12)14(19)3-2-8-15/h4-5,12H,2-3,6-10H2,1H3. The summed E-state index contributed by atoms with van der Waals surface area (Å²) in [7, 11) is 0. The van der Waals surface area contributed by atoms with E-state index in [1.165, 1.54) is 0 Å². The molecule has 0 spiro atoms. The Morgan fingerprint density at radius 1 is 1.40 bits per heavy atom. The molecule has 20 heavy (non-hydrogen) atoms. The zero-order chi connectivity index (χ0) is 14.4. The Bertz CT molecular complexity index is 431. The lowest BCUT2D eigenvalue weighted by molar-refractivity contribution is -0.133. The highest BCUT2D eigenvalue weighted by atomic mass is 79.9. The first-order chi connectivity index (χ1) is 9.69. The molecule has 1 fully saturated rings. The largest absolute Gasteiger partial charge is 0.473 e. The third-order valence-electron chi connectivity index (χ3n) is 3.38. The monoisotopic (exact) mass is 341 g/mol. The van der Waals surface area contributed by atoms with Crippen LogP contribution in [0.1, 0.15) is 31.4 Å². The lowest BCUT2D eigenvalue weighted by atomic mass is 10.1. The lowest BCUT2D eigenvalue weighted by Crippen LogP contribution is -2.41. The molecule has 1 saturated heterocycles. The van der Waals surface area contributed by atoms with Gasteiger partial charge >= 0.3 is 0 Å². The van der Waals surface area contributed by atoms with Gasteiger partial charge in [-0.15, -0.1) is 5.10 Å². The van der Waals surface area contributed by atoms with Crippen LogP contribution in [0.4, 0.5) is 0 Å². The minimum absolute atomic E-state index is 0.132. The number of hydrogen-bond acceptors (Lipinski definition) is 4. The van der Waals surface area contributed by atoms with Crippen LogP contribution in [0.2, 0.25) is 0 Å². The maximum Gasteiger partial charge on any atom is 0.233 e. The summed E-state index contributed by atoms with van der Waals surface area (Å²) in [6, 6.07) is 3.73. The first-order valence-corrected chi connectivity index (χ1v) is 8.12. The van der Waals surface area contributed by atoms with Gasteiger partial charge in [-0.2, -0.15) is 5.10 Å². The molecule has 110 valence electrons. The Morgan fingerprint density at radius 3 is 2.75 bits per heavy atom. The highest BCUT2D eigenvalue weighted by molar-refractivity contribution is 9.09. The Hall–Kier alpha value is -1.17. The number of likely N-dealkylation sites (tertiary alicyclic amines) is 1. The molecule has 6 heteroatoms. The summed E-state index contributed by atoms with van der Waals surface area (Å²) in [5, 5.41) is 8.87. The fraction of sp³-hybridized carbons (Fsp3) is 0.643. The smallest absolute Gasteiger partial charge is 0.233 e. The van der Waals surface area contributed by atoms with Crippen molar-refractivity contribution in [1.82, 2.24) is 15.1 Å². The van der Waals surface area contributed by atoms with E-state index in [-0.39, 0.29) is 12.0 Å². The third kappa shape index (κ3) is 4.44. The van der Waals surface area contributed by atoms with Gasteiger partial charge in [-0.05, 0) is 19.4 Å². The predicted octanol–water partition coefficient (Wildman–Crippen LogP) is 2.33. The molecule has 1 aliphatic heterocycles. The Labute approximate surface area is 127 Å². The van der Waals surface area contributed by atoms with Crippen LogP contribution >= 0.6 is 15.9 Å². The lowest BCUT2D eigenvalue weighted by Gasteiger charge is -2.31. The van der Waals surface area contributed by atoms with Crippen LogP contribution in [0.25, 0.3) is 0 Å². The molecule has 1 aromatic rings. The van der Waals surface area contributed by atoms with E-state index in [0.717, 1.165) is 43.4 Å². The van der Waals surface area contributed by atoms with E-state index in [9.17, 15) is 4.79 Å². The van der Waals surface area contributed by atoms with Crippen molar-refractivity contribution >= 4 is 21.8 Å². The quantitative estimate of drug-likeness (QED) is 0.771. The number of nitrogens with zero attached hydrogens (tertiary/aromatic N) is 3. The summed E-state index contributed by atoms with van der Waals surface area (Å²) < 4.78 is 5.80. The van der Waals surface area contributed by atoms with Crippen molar-refractivity contribution in [2.75, 3.05) is 18.4 Å². The molecule has 1 aromatic heterocycles. The molecule has 5 nitrogen and oxygen atoms in total. The molecule has 0 aromatic carbocycles. The van der Waals surface area contributed by atoms with Gasteiger partial charge in [0, 0.05) is 43.7 Å². The molecule has 2 rings (SSSR count). The van der Waals surface area contributed by atoms with E-state index in [4.69, 9.17) is 4.74 Å². The molecule has 1 aliphatic rings. The normalized spacial score (nSPS) is 16.2. The molecule has 0 unspecified atom stereocenters. The highest BCUT2D eigenvalue weighted by Crippen LogP contribution is 2.17. The number of amides is 1. The van der Waals surface area contributed by atoms with Crippen molar-refractivity contribution in [3.05, 3.63) is 17.8 Å². The van der Waals surface area contributed by atoms with Crippen LogP contribution in [0.3, 0.4) is 0 Å². The molecule has 0 saturated carbocycles. The van der Waals surface area contributed by atoms with Crippen LogP contribution in [0.15, 0.2) is 12.1 Å². The maximum absolute atomic E-state index is 11.9. The van der Waals surface area contributed by atoms with E-state index >= 15 is 0 Å². The fourth-order valence-corrected chi connectivity index (χ4v) is 2.50. The number of aryl methyl sites for hydroxylation is 1. The summed E-state index contributed by atoms with van der Waals surface area (Å²) in [5.74, 6) is 0.817. The van der Waals surface area contributed by atoms with Gasteiger partial charge in [-0.25, -0.2) is 0 Å². The molecular formula is C14H20BrN3O2. The molecule has 0 radical (unpaired) electrons. The van der Waals surface area contributed by atoms with Crippen LogP contribution in [0.5, 0.6) is 5.88 Å². The zero-order valence-corrected chi connectivity index (χ0v) is 13.3. The van der Waals surface area contributed by atoms with E-state index in [1.807, 2.05) is 24.0 Å². The second kappa shape index (κ2) is 7.57. The number of piperidine rings is 1. The predicted molar refractivity (Wildman–Crippen MR) is 80.0 cm³/mol. The van der Waals surface area contributed by atoms with Crippen LogP contribution in [-0.4, -0.2) is 45.5 Å². The third-order valence-corrected chi connectivity index (χ3v) is 3.94. The van der Waals surface area contributed by atoms with Crippen LogP contribution in [-0.2, 0) is 4.79 Å². The average molecular weight is 342 g/mol. The van der Waals surface area contributed by atoms with Gasteiger partial charge in [0.2, 0.25) is 11.8 Å². The van der Waals surface area contributed by atoms with Crippen LogP contribution < -0.4 is 4.74 Å². The number of rotatable bonds is 5. The number of carbonyl (C=O) groups excluding carboxylic acids is 1. The minimum Gasteiger partial charge on any atom is -0.473 e. The number of ether oxygens (including phenoxy) is 1. The fourth-order valence-electron chi connectivity index (χ4n) is 2.22. The number of hydrogen-bond donors (Lipinski definition) is 0. The molecule has 0 N–H and O–H groups in total. The second-order valence-electron chi connectivity index (χ2n) is 5.00. The Kier molecular flexibility index (Phi) is 5.76. The molecule has 1 amide bonds. The molecule has 2 heterocycles. The van der Waals surface area contributed by atoms with E-state index < -0.39 is 0 Å². The van der Waals surface area contributed by atoms with Crippen molar-refractivity contribution in [2.24, 2.45) is 0 Å². The van der Waals surface area contributed by atoms with Gasteiger partial charge in [0.25, 0.3) is 0 Å². The van der Waals surface area contributed by atoms with Crippen molar-refractivity contribution in [1.29, 1.82) is 0 Å². The Balaban J connectivity index is 1.76. The molecular weight excluding hydrogens is 322 g/mol. The van der Waals surface area contributed by atoms with Crippen molar-refractivity contribution in [3.63, 3.8) is 0 Å². The van der Waals surface area contributed by atoms with E-state index in [2.05, 4.69) is 26.1 Å². The van der Waals surface area contributed by atoms with Crippen LogP contribution in [0, 0.1) is 6.92 Å². The second-order valence-corrected chi connectivity index (χ2v) is 5.80. The number of aromatic nitrogens is 2. The molecule has 0 aliphatic carbocycles. The van der Waals surface area contributed by atoms with Gasteiger partial charge in [-0.1, -0.05) is 15.9 Å². The number of alkyl halides is 1. The summed E-state index contributed by atoms with van der Waals surface area (Å²) in [4.78, 5) is 13.8. The summed E-state index contributed by atoms with van der Waals surface area (Å²) in [6.45, 7) is 3.43. The van der Waals surface area contributed by atoms with Gasteiger partial charge in [0.1, 0.15) is 6.10 Å². The summed E-state index contributed by atoms with van der Waals surface area (Å²) in [5.41, 5.74) is 0.879. The number of halogens is 1. The van der Waals surface area contributed by atoms with Gasteiger partial charge < -0.3 is 9.64 Å². The average Bonchev–Trinajstić information content (AvgIpc) is 2.48. The highest BCUT2D eigenvalue weighted by Gasteiger charge is 2.23. The van der Waals surface area contributed by atoms with Gasteiger partial charge in [-0.3, -0.25) is 4.79 Å². The topological polar surface area (TPSA) is 55.3 Å². The van der Waals surface area contributed by atoms with Crippen molar-refractivity contribution in [3.8, 4) is 5.88 Å². The van der Waals surface area contributed by atoms with Gasteiger partial charge in [0.15, 0.2) is 0 Å². The van der Waals surface area contributed by atoms with Gasteiger partial charge in [0.05, 0.1) is 5.69 Å². The van der Waals surface area contributed by atoms with Crippen molar-refractivity contribution in [2.45, 2.75) is 38.7 Å². The van der Waals surface area contributed by atoms with Crippen molar-refractivity contribution < 1.29 is 9.53 Å². The van der Waals surface area contributed by atoms with E-state index in [1.54, 1.807) is 0 Å². The molecule has 0 atom stereocenters. The minimum atomic E-state index is 0.132. The molecule has 0 bridgehead atoms. The summed E-state index contributed by atoms with van der Waals surface area (Å²) in [6.07, 6.45) is 3.37.